The minimum absolute atomic E-state index is 0. The Morgan fingerprint density at radius 3 is 2.16 bits per heavy atom. The second-order valence-electron chi connectivity index (χ2n) is 6.99. The molecule has 0 bridgehead atoms. The van der Waals surface area contributed by atoms with Crippen molar-refractivity contribution in [1.82, 2.24) is 5.43 Å². The number of benzene rings is 2. The number of hydrogen-bond donors (Lipinski definition) is 6. The van der Waals surface area contributed by atoms with E-state index in [1.807, 2.05) is 0 Å². The normalized spacial score (nSPS) is 15.4. The molecule has 0 fully saturated rings. The molecule has 0 amide bonds. The van der Waals surface area contributed by atoms with Crippen LogP contribution >= 0.6 is 0 Å². The Labute approximate surface area is 220 Å². The van der Waals surface area contributed by atoms with Crippen LogP contribution < -0.4 is 16.6 Å². The van der Waals surface area contributed by atoms with Crippen LogP contribution in [0.3, 0.4) is 0 Å². The molecular formula is C20H17CuN5O9S2. The molecule has 0 heterocycles. The number of carbonyl (C=O) groups excluding carboxylic acids is 1. The van der Waals surface area contributed by atoms with Crippen molar-refractivity contribution in [3.8, 4) is 0 Å². The molecular weight excluding hydrogens is 582 g/mol. The molecule has 0 spiro atoms. The number of nitrogens with one attached hydrogen (secondary N) is 2. The number of hydrogen-bond acceptors (Lipinski definition) is 10. The number of amidine groups is 1. The van der Waals surface area contributed by atoms with E-state index in [4.69, 9.17) is 5.73 Å². The Hall–Kier alpha value is -3.86. The van der Waals surface area contributed by atoms with Gasteiger partial charge in [-0.2, -0.15) is 27.0 Å². The first-order chi connectivity index (χ1) is 16.8. The zero-order valence-electron chi connectivity index (χ0n) is 18.2. The van der Waals surface area contributed by atoms with Crippen LogP contribution in [0.15, 0.2) is 86.4 Å². The molecule has 0 atom stereocenters. The summed E-state index contributed by atoms with van der Waals surface area (Å²) in [5, 5.41) is 17.2. The number of hydrazone groups is 2. The van der Waals surface area contributed by atoms with Crippen molar-refractivity contribution in [2.24, 2.45) is 15.9 Å². The van der Waals surface area contributed by atoms with E-state index in [0.29, 0.717) is 5.56 Å². The van der Waals surface area contributed by atoms with Gasteiger partial charge in [0.15, 0.2) is 5.84 Å². The van der Waals surface area contributed by atoms with Crippen molar-refractivity contribution in [2.45, 2.75) is 4.90 Å². The first-order valence-electron chi connectivity index (χ1n) is 9.56. The van der Waals surface area contributed by atoms with Gasteiger partial charge in [0, 0.05) is 22.6 Å². The predicted octanol–water partition coefficient (Wildman–Crippen LogP) is 0.545. The average molecular weight is 599 g/mol. The van der Waals surface area contributed by atoms with E-state index in [1.165, 1.54) is 0 Å². The maximum absolute atomic E-state index is 12.3. The topological polar surface area (TPSA) is 238 Å². The van der Waals surface area contributed by atoms with Crippen LogP contribution in [0.4, 0.5) is 5.69 Å². The van der Waals surface area contributed by atoms with Gasteiger partial charge < -0.3 is 10.8 Å². The summed E-state index contributed by atoms with van der Waals surface area (Å²) in [5.41, 5.74) is 8.98. The number of carbonyl (C=O) groups is 2. The number of nitrogens with two attached hydrogens (primary N) is 1. The van der Waals surface area contributed by atoms with Gasteiger partial charge in [-0.25, -0.2) is 4.79 Å². The molecule has 3 rings (SSSR count). The third kappa shape index (κ3) is 7.32. The first kappa shape index (κ1) is 29.4. The van der Waals surface area contributed by atoms with Crippen molar-refractivity contribution in [3.05, 3.63) is 82.4 Å². The second-order valence-corrected chi connectivity index (χ2v) is 9.83. The van der Waals surface area contributed by atoms with Crippen molar-refractivity contribution in [3.63, 3.8) is 0 Å². The van der Waals surface area contributed by atoms with Gasteiger partial charge in [0.1, 0.15) is 5.71 Å². The van der Waals surface area contributed by atoms with Crippen LogP contribution in [0.1, 0.15) is 15.9 Å². The molecule has 7 N–H and O–H groups in total. The van der Waals surface area contributed by atoms with Crippen molar-refractivity contribution < 1.29 is 57.7 Å². The van der Waals surface area contributed by atoms with E-state index in [9.17, 15) is 40.6 Å². The van der Waals surface area contributed by atoms with Gasteiger partial charge in [-0.3, -0.25) is 24.8 Å². The van der Waals surface area contributed by atoms with Crippen LogP contribution in [0, 0.1) is 0 Å². The fourth-order valence-corrected chi connectivity index (χ4v) is 3.83. The molecule has 37 heavy (non-hydrogen) atoms. The summed E-state index contributed by atoms with van der Waals surface area (Å²) in [6.07, 6.45) is 1.54. The number of carboxylic acid groups (broad SMARTS) is 1. The van der Waals surface area contributed by atoms with Crippen LogP contribution in [-0.4, -0.2) is 54.3 Å². The van der Waals surface area contributed by atoms with E-state index in [1.54, 1.807) is 30.3 Å². The van der Waals surface area contributed by atoms with Crippen LogP contribution in [-0.2, 0) is 42.1 Å². The summed E-state index contributed by atoms with van der Waals surface area (Å²) < 4.78 is 64.3. The third-order valence-electron chi connectivity index (χ3n) is 4.51. The predicted molar refractivity (Wildman–Crippen MR) is 127 cm³/mol. The van der Waals surface area contributed by atoms with Gasteiger partial charge in [-0.05, 0) is 30.4 Å². The summed E-state index contributed by atoms with van der Waals surface area (Å²) >= 11 is 0. The average Bonchev–Trinajstić information content (AvgIpc) is 2.80. The minimum Gasteiger partial charge on any atom is -0.478 e. The van der Waals surface area contributed by atoms with E-state index < -0.39 is 53.2 Å². The van der Waals surface area contributed by atoms with Gasteiger partial charge in [0.05, 0.1) is 26.7 Å². The largest absolute Gasteiger partial charge is 0.478 e. The van der Waals surface area contributed by atoms with Crippen LogP contribution in [0.25, 0.3) is 0 Å². The van der Waals surface area contributed by atoms with E-state index in [2.05, 4.69) is 21.1 Å². The quantitative estimate of drug-likeness (QED) is 0.0639. The molecule has 1 aliphatic rings. The smallest absolute Gasteiger partial charge is 0.337 e. The summed E-state index contributed by atoms with van der Waals surface area (Å²) in [4.78, 5) is 22.6. The second kappa shape index (κ2) is 11.5. The molecule has 14 nitrogen and oxygen atoms in total. The molecule has 199 valence electrons. The minimum atomic E-state index is -4.71. The Morgan fingerprint density at radius 2 is 1.59 bits per heavy atom. The Balaban J connectivity index is 0.00000481. The fourth-order valence-electron chi connectivity index (χ4n) is 2.78. The SMILES string of the molecule is NC1=CC(S(=O)(=O)O)=C/C(=N\N/C(=N\Nc2cc(S(=O)(=O)O)ccc2C(=O)O)c2ccccc2)C1=O.[Cu]. The maximum atomic E-state index is 12.3. The van der Waals surface area contributed by atoms with Gasteiger partial charge in [-0.1, -0.05) is 30.3 Å². The molecule has 0 saturated carbocycles. The van der Waals surface area contributed by atoms with Gasteiger partial charge in [-0.15, -0.1) is 0 Å². The van der Waals surface area contributed by atoms with Crippen molar-refractivity contribution in [1.29, 1.82) is 0 Å². The van der Waals surface area contributed by atoms with Gasteiger partial charge in [0.25, 0.3) is 20.2 Å². The van der Waals surface area contributed by atoms with Gasteiger partial charge >= 0.3 is 5.97 Å². The number of nitrogens with zero attached hydrogens (tertiary/aromatic N) is 2. The summed E-state index contributed by atoms with van der Waals surface area (Å²) in [7, 11) is -9.37. The number of ketones is 1. The molecule has 2 aromatic rings. The molecule has 1 aliphatic carbocycles. The third-order valence-corrected chi connectivity index (χ3v) is 6.19. The number of anilines is 1. The zero-order chi connectivity index (χ0) is 26.7. The number of carboxylic acids is 1. The number of aromatic carboxylic acids is 1. The van der Waals surface area contributed by atoms with Crippen LogP contribution in [0.2, 0.25) is 0 Å². The van der Waals surface area contributed by atoms with E-state index >= 15 is 0 Å². The Morgan fingerprint density at radius 1 is 0.946 bits per heavy atom. The number of allylic oxidation sites excluding steroid dienone is 3. The summed E-state index contributed by atoms with van der Waals surface area (Å²) in [6, 6.07) is 10.7. The van der Waals surface area contributed by atoms with E-state index in [0.717, 1.165) is 30.4 Å². The molecule has 0 aromatic heterocycles. The van der Waals surface area contributed by atoms with Crippen molar-refractivity contribution in [2.75, 3.05) is 5.43 Å². The Kier molecular flexibility index (Phi) is 9.10. The monoisotopic (exact) mass is 598 g/mol. The molecule has 1 radical (unpaired) electrons. The Bertz CT molecular complexity index is 1580. The number of Topliss-reactive ketones (excluding diaryl/α,β-unsaturated/α-hetero) is 1. The van der Waals surface area contributed by atoms with E-state index in [-0.39, 0.29) is 34.2 Å². The van der Waals surface area contributed by atoms with Gasteiger partial charge in [0.2, 0.25) is 5.78 Å². The maximum Gasteiger partial charge on any atom is 0.337 e. The molecule has 0 aliphatic heterocycles. The summed E-state index contributed by atoms with van der Waals surface area (Å²) in [6.45, 7) is 0. The molecule has 0 unspecified atom stereocenters. The number of rotatable bonds is 7. The molecule has 17 heteroatoms. The summed E-state index contributed by atoms with van der Waals surface area (Å²) in [5.74, 6) is -2.41. The first-order valence-corrected chi connectivity index (χ1v) is 12.4. The zero-order valence-corrected chi connectivity index (χ0v) is 20.7. The molecule has 2 aromatic carbocycles. The molecule has 0 saturated heterocycles. The van der Waals surface area contributed by atoms with Crippen molar-refractivity contribution >= 4 is 49.2 Å². The van der Waals surface area contributed by atoms with Crippen LogP contribution in [0.5, 0.6) is 0 Å². The fraction of sp³-hybridized carbons (Fsp3) is 0. The standard InChI is InChI=1S/C20H17N5O9S2.Cu/c21-15-8-13(36(32,33)34)10-17(18(15)26)23-25-19(11-4-2-1-3-5-11)24-22-16-9-12(35(29,30)31)6-7-14(16)20(27)28;/h1-10,22H,21H2,(H,24,25)(H,27,28)(H,29,30,31)(H,32,33,34);/b23-17+;.